The zero-order valence-electron chi connectivity index (χ0n) is 23.9. The smallest absolute Gasteiger partial charge is 0.325 e. The van der Waals surface area contributed by atoms with E-state index >= 15 is 0 Å². The number of anilines is 2. The van der Waals surface area contributed by atoms with Gasteiger partial charge in [-0.15, -0.1) is 11.8 Å². The number of alkyl halides is 3. The van der Waals surface area contributed by atoms with Crippen molar-refractivity contribution in [2.45, 2.75) is 30.8 Å². The van der Waals surface area contributed by atoms with Crippen molar-refractivity contribution < 1.29 is 27.6 Å². The van der Waals surface area contributed by atoms with Crippen LogP contribution in [-0.4, -0.2) is 23.5 Å². The molecule has 0 atom stereocenters. The summed E-state index contributed by atoms with van der Waals surface area (Å²) in [7, 11) is 0. The van der Waals surface area contributed by atoms with Crippen molar-refractivity contribution in [2.75, 3.05) is 16.4 Å². The van der Waals surface area contributed by atoms with Crippen LogP contribution in [0.3, 0.4) is 0 Å². The van der Waals surface area contributed by atoms with Crippen LogP contribution in [0.25, 0.3) is 6.08 Å². The molecule has 0 radical (unpaired) electrons. The van der Waals surface area contributed by atoms with E-state index in [1.807, 2.05) is 24.3 Å². The average molecular weight is 618 g/mol. The Balaban J connectivity index is 1.45. The number of hydrogen-bond donors (Lipinski definition) is 3. The number of thioether (sulfide) groups is 1. The fourth-order valence-corrected chi connectivity index (χ4v) is 4.82. The summed E-state index contributed by atoms with van der Waals surface area (Å²) in [4.78, 5) is 39.4. The van der Waals surface area contributed by atoms with Gasteiger partial charge in [0, 0.05) is 21.8 Å². The highest BCUT2D eigenvalue weighted by Crippen LogP contribution is 2.31. The summed E-state index contributed by atoms with van der Waals surface area (Å²) < 4.78 is 38.9. The highest BCUT2D eigenvalue weighted by molar-refractivity contribution is 8.00. The molecule has 3 N–H and O–H groups in total. The Hall–Kier alpha value is -4.83. The number of rotatable bonds is 10. The van der Waals surface area contributed by atoms with Crippen LogP contribution in [0.1, 0.15) is 46.8 Å². The summed E-state index contributed by atoms with van der Waals surface area (Å²) in [6, 6.07) is 27.4. The summed E-state index contributed by atoms with van der Waals surface area (Å²) in [5, 5.41) is 7.98. The number of hydrogen-bond acceptors (Lipinski definition) is 4. The van der Waals surface area contributed by atoms with Crippen molar-refractivity contribution in [2.24, 2.45) is 0 Å². The number of nitrogens with one attached hydrogen (secondary N) is 3. The van der Waals surface area contributed by atoms with Gasteiger partial charge in [0.05, 0.1) is 11.3 Å². The molecule has 0 aliphatic carbocycles. The van der Waals surface area contributed by atoms with Gasteiger partial charge in [0.1, 0.15) is 5.70 Å². The molecule has 6 nitrogen and oxygen atoms in total. The first kappa shape index (κ1) is 32.1. The number of halogens is 3. The molecule has 226 valence electrons. The molecule has 4 rings (SSSR count). The molecule has 4 aromatic rings. The third kappa shape index (κ3) is 9.34. The molecular weight excluding hydrogens is 587 g/mol. The van der Waals surface area contributed by atoms with Gasteiger partial charge in [0.15, 0.2) is 0 Å². The molecule has 44 heavy (non-hydrogen) atoms. The van der Waals surface area contributed by atoms with Crippen LogP contribution in [0.15, 0.2) is 114 Å². The third-order valence-electron chi connectivity index (χ3n) is 6.38. The molecule has 0 fully saturated rings. The quantitative estimate of drug-likeness (QED) is 0.124. The highest BCUT2D eigenvalue weighted by atomic mass is 32.2. The first-order valence-corrected chi connectivity index (χ1v) is 14.7. The SMILES string of the molecule is CC(C)c1ccc(/C=C(/NC(=O)c2ccccc2)C(=O)Nc2cccc(SCC(=O)Nc3cccc(C(F)(F)F)c3)c2)cc1. The van der Waals surface area contributed by atoms with Gasteiger partial charge >= 0.3 is 6.18 Å². The number of carbonyl (C=O) groups excluding carboxylic acids is 3. The van der Waals surface area contributed by atoms with Crippen molar-refractivity contribution in [3.8, 4) is 0 Å². The zero-order chi connectivity index (χ0) is 31.7. The van der Waals surface area contributed by atoms with Gasteiger partial charge in [-0.05, 0) is 71.7 Å². The van der Waals surface area contributed by atoms with E-state index in [1.54, 1.807) is 60.7 Å². The Labute approximate surface area is 257 Å². The lowest BCUT2D eigenvalue weighted by atomic mass is 10.0. The Morgan fingerprint density at radius 1 is 0.795 bits per heavy atom. The zero-order valence-corrected chi connectivity index (χ0v) is 24.8. The van der Waals surface area contributed by atoms with E-state index in [0.29, 0.717) is 22.1 Å². The molecule has 0 spiro atoms. The van der Waals surface area contributed by atoms with Gasteiger partial charge < -0.3 is 16.0 Å². The lowest BCUT2D eigenvalue weighted by molar-refractivity contribution is -0.137. The highest BCUT2D eigenvalue weighted by Gasteiger charge is 2.30. The minimum Gasteiger partial charge on any atom is -0.325 e. The van der Waals surface area contributed by atoms with Crippen LogP contribution in [0.5, 0.6) is 0 Å². The first-order chi connectivity index (χ1) is 21.0. The molecule has 0 saturated heterocycles. The normalized spacial score (nSPS) is 11.6. The predicted octanol–water partition coefficient (Wildman–Crippen LogP) is 7.97. The van der Waals surface area contributed by atoms with Gasteiger partial charge in [-0.3, -0.25) is 14.4 Å². The van der Waals surface area contributed by atoms with Crippen LogP contribution in [0.2, 0.25) is 0 Å². The van der Waals surface area contributed by atoms with Gasteiger partial charge in [-0.25, -0.2) is 0 Å². The lowest BCUT2D eigenvalue weighted by Crippen LogP contribution is -2.30. The van der Waals surface area contributed by atoms with Gasteiger partial charge in [-0.2, -0.15) is 13.2 Å². The maximum Gasteiger partial charge on any atom is 0.416 e. The summed E-state index contributed by atoms with van der Waals surface area (Å²) in [6.45, 7) is 4.16. The molecule has 0 heterocycles. The van der Waals surface area contributed by atoms with E-state index in [2.05, 4.69) is 29.8 Å². The van der Waals surface area contributed by atoms with E-state index in [-0.39, 0.29) is 17.1 Å². The van der Waals surface area contributed by atoms with Crippen molar-refractivity contribution in [3.63, 3.8) is 0 Å². The second-order valence-corrected chi connectivity index (χ2v) is 11.1. The molecule has 0 unspecified atom stereocenters. The van der Waals surface area contributed by atoms with Crippen LogP contribution in [-0.2, 0) is 15.8 Å². The fraction of sp³-hybridized carbons (Fsp3) is 0.147. The predicted molar refractivity (Wildman–Crippen MR) is 168 cm³/mol. The van der Waals surface area contributed by atoms with Crippen LogP contribution < -0.4 is 16.0 Å². The Bertz CT molecular complexity index is 1650. The topological polar surface area (TPSA) is 87.3 Å². The van der Waals surface area contributed by atoms with Crippen molar-refractivity contribution in [1.29, 1.82) is 0 Å². The van der Waals surface area contributed by atoms with E-state index in [9.17, 15) is 27.6 Å². The monoisotopic (exact) mass is 617 g/mol. The Morgan fingerprint density at radius 2 is 1.45 bits per heavy atom. The number of amides is 3. The number of carbonyl (C=O) groups is 3. The van der Waals surface area contributed by atoms with Crippen molar-refractivity contribution in [3.05, 3.63) is 131 Å². The third-order valence-corrected chi connectivity index (χ3v) is 7.37. The largest absolute Gasteiger partial charge is 0.416 e. The summed E-state index contributed by atoms with van der Waals surface area (Å²) in [6.07, 6.45) is -2.92. The van der Waals surface area contributed by atoms with Gasteiger partial charge in [-0.1, -0.05) is 68.4 Å². The molecule has 0 aliphatic rings. The van der Waals surface area contributed by atoms with E-state index < -0.39 is 29.5 Å². The second-order valence-electron chi connectivity index (χ2n) is 10.1. The second kappa shape index (κ2) is 14.6. The molecule has 3 amide bonds. The Morgan fingerprint density at radius 3 is 2.11 bits per heavy atom. The molecule has 0 aromatic heterocycles. The molecule has 0 saturated carbocycles. The summed E-state index contributed by atoms with van der Waals surface area (Å²) >= 11 is 1.15. The van der Waals surface area contributed by atoms with Crippen LogP contribution >= 0.6 is 11.8 Å². The van der Waals surface area contributed by atoms with Crippen LogP contribution in [0.4, 0.5) is 24.5 Å². The lowest BCUT2D eigenvalue weighted by Gasteiger charge is -2.13. The van der Waals surface area contributed by atoms with Crippen LogP contribution in [0, 0.1) is 0 Å². The van der Waals surface area contributed by atoms with Crippen molar-refractivity contribution >= 4 is 46.9 Å². The minimum absolute atomic E-state index is 0.0367. The van der Waals surface area contributed by atoms with Gasteiger partial charge in [0.2, 0.25) is 5.91 Å². The number of benzene rings is 4. The summed E-state index contributed by atoms with van der Waals surface area (Å²) in [5.41, 5.74) is 1.91. The maximum atomic E-state index is 13.4. The minimum atomic E-state index is -4.52. The molecule has 4 aromatic carbocycles. The van der Waals surface area contributed by atoms with E-state index in [1.165, 1.54) is 12.1 Å². The van der Waals surface area contributed by atoms with E-state index in [4.69, 9.17) is 0 Å². The standard InChI is InChI=1S/C34H30F3N3O3S/c1-22(2)24-16-14-23(15-17-24)18-30(40-32(42)25-8-4-3-5-9-25)33(43)39-28-12-7-13-29(20-28)44-21-31(41)38-27-11-6-10-26(19-27)34(35,36)37/h3-20,22H,21H2,1-2H3,(H,38,41)(H,39,43)(H,40,42)/b30-18+. The molecule has 10 heteroatoms. The van der Waals surface area contributed by atoms with Crippen molar-refractivity contribution in [1.82, 2.24) is 5.32 Å². The van der Waals surface area contributed by atoms with E-state index in [0.717, 1.165) is 35.0 Å². The van der Waals surface area contributed by atoms with Gasteiger partial charge in [0.25, 0.3) is 11.8 Å². The molecule has 0 bridgehead atoms. The molecular formula is C34H30F3N3O3S. The first-order valence-electron chi connectivity index (χ1n) is 13.7. The average Bonchev–Trinajstić information content (AvgIpc) is 3.00. The molecule has 0 aliphatic heterocycles. The fourth-order valence-electron chi connectivity index (χ4n) is 4.07. The Kier molecular flexibility index (Phi) is 10.6. The maximum absolute atomic E-state index is 13.4. The summed E-state index contributed by atoms with van der Waals surface area (Å²) in [5.74, 6) is -1.21.